The van der Waals surface area contributed by atoms with Crippen molar-refractivity contribution in [3.63, 3.8) is 0 Å². The van der Waals surface area contributed by atoms with Crippen molar-refractivity contribution in [3.8, 4) is 5.75 Å². The highest BCUT2D eigenvalue weighted by Crippen LogP contribution is 2.53. The van der Waals surface area contributed by atoms with Gasteiger partial charge in [-0.3, -0.25) is 9.32 Å². The standard InChI is InChI=1S/C25H35FN7O6P/c1-13(2)38-23(35)15(4)32-40(36,39-16-9-7-6-8-10-16)37-11-17-14(3)19(25(5,26)20(17)34)33-12-29-18-21(27)30-24(28)31-22(18)33/h6-10,12-15,17,19-20,34H,11H2,1-5H3,(H,32,36)(H4,27,28,30,31)/t14-,15+,17+,19-,20-,25+,40+/m1/s1. The Morgan fingerprint density at radius 2 is 1.93 bits per heavy atom. The zero-order chi connectivity index (χ0) is 29.4. The van der Waals surface area contributed by atoms with Crippen molar-refractivity contribution in [2.45, 2.75) is 64.6 Å². The zero-order valence-electron chi connectivity index (χ0n) is 22.9. The summed E-state index contributed by atoms with van der Waals surface area (Å²) >= 11 is 0. The second-order valence-electron chi connectivity index (χ2n) is 10.4. The van der Waals surface area contributed by atoms with Crippen molar-refractivity contribution in [3.05, 3.63) is 36.7 Å². The Morgan fingerprint density at radius 1 is 1.25 bits per heavy atom. The molecule has 4 rings (SSSR count). The van der Waals surface area contributed by atoms with Gasteiger partial charge in [0, 0.05) is 5.92 Å². The third-order valence-electron chi connectivity index (χ3n) is 6.96. The largest absolute Gasteiger partial charge is 0.462 e. The number of nitrogen functional groups attached to an aromatic ring is 2. The number of benzene rings is 1. The Labute approximate surface area is 231 Å². The Hall–Kier alpha value is -3.32. The molecule has 7 atom stereocenters. The minimum Gasteiger partial charge on any atom is -0.462 e. The average Bonchev–Trinajstić information content (AvgIpc) is 3.33. The Balaban J connectivity index is 1.60. The zero-order valence-corrected chi connectivity index (χ0v) is 23.8. The summed E-state index contributed by atoms with van der Waals surface area (Å²) in [6.45, 7) is 7.46. The highest BCUT2D eigenvalue weighted by Gasteiger charge is 2.58. The van der Waals surface area contributed by atoms with Crippen molar-refractivity contribution in [1.82, 2.24) is 24.6 Å². The van der Waals surface area contributed by atoms with Gasteiger partial charge < -0.3 is 30.4 Å². The van der Waals surface area contributed by atoms with Crippen LogP contribution in [-0.2, 0) is 18.6 Å². The minimum atomic E-state index is -4.23. The normalized spacial score (nSPS) is 27.0. The third-order valence-corrected chi connectivity index (χ3v) is 8.61. The summed E-state index contributed by atoms with van der Waals surface area (Å²) in [5, 5.41) is 13.7. The van der Waals surface area contributed by atoms with Crippen LogP contribution in [0.4, 0.5) is 16.2 Å². The first-order valence-corrected chi connectivity index (χ1v) is 14.4. The van der Waals surface area contributed by atoms with Gasteiger partial charge >= 0.3 is 13.7 Å². The number of nitrogens with two attached hydrogens (primary N) is 2. The van der Waals surface area contributed by atoms with E-state index in [1.54, 1.807) is 51.1 Å². The molecule has 15 heteroatoms. The molecule has 0 bridgehead atoms. The number of carbonyl (C=O) groups is 1. The van der Waals surface area contributed by atoms with Crippen LogP contribution in [0.3, 0.4) is 0 Å². The summed E-state index contributed by atoms with van der Waals surface area (Å²) < 4.78 is 48.2. The van der Waals surface area contributed by atoms with Gasteiger partial charge in [0.2, 0.25) is 5.95 Å². The second-order valence-corrected chi connectivity index (χ2v) is 12.1. The summed E-state index contributed by atoms with van der Waals surface area (Å²) in [5.41, 5.74) is 9.97. The summed E-state index contributed by atoms with van der Waals surface area (Å²) in [7, 11) is -4.23. The van der Waals surface area contributed by atoms with Crippen LogP contribution in [0.5, 0.6) is 5.75 Å². The van der Waals surface area contributed by atoms with Crippen LogP contribution in [0.15, 0.2) is 36.7 Å². The monoisotopic (exact) mass is 579 g/mol. The quantitative estimate of drug-likeness (QED) is 0.203. The molecule has 0 spiro atoms. The molecule has 1 aromatic carbocycles. The number of halogens is 1. The van der Waals surface area contributed by atoms with Crippen molar-refractivity contribution < 1.29 is 32.6 Å². The molecular formula is C25H35FN7O6P. The lowest BCUT2D eigenvalue weighted by atomic mass is 9.95. The first-order chi connectivity index (χ1) is 18.7. The number of esters is 1. The van der Waals surface area contributed by atoms with E-state index in [9.17, 15) is 14.5 Å². The fourth-order valence-corrected chi connectivity index (χ4v) is 6.60. The number of fused-ring (bicyclic) bond motifs is 1. The van der Waals surface area contributed by atoms with Gasteiger partial charge in [-0.15, -0.1) is 0 Å². The van der Waals surface area contributed by atoms with Gasteiger partial charge in [-0.25, -0.2) is 13.9 Å². The maximum atomic E-state index is 16.2. The average molecular weight is 580 g/mol. The molecule has 40 heavy (non-hydrogen) atoms. The first kappa shape index (κ1) is 29.7. The summed E-state index contributed by atoms with van der Waals surface area (Å²) in [4.78, 5) is 24.7. The number of hydrogen-bond donors (Lipinski definition) is 4. The molecule has 218 valence electrons. The second kappa shape index (κ2) is 11.3. The molecule has 0 radical (unpaired) electrons. The molecule has 2 heterocycles. The van der Waals surface area contributed by atoms with Gasteiger partial charge in [-0.2, -0.15) is 15.1 Å². The lowest BCUT2D eigenvalue weighted by molar-refractivity contribution is -0.149. The van der Waals surface area contributed by atoms with Gasteiger partial charge in [0.15, 0.2) is 17.1 Å². The fourth-order valence-electron chi connectivity index (χ4n) is 5.08. The van der Waals surface area contributed by atoms with Gasteiger partial charge in [-0.05, 0) is 45.7 Å². The summed E-state index contributed by atoms with van der Waals surface area (Å²) in [6, 6.07) is 6.22. The van der Waals surface area contributed by atoms with E-state index < -0.39 is 55.5 Å². The van der Waals surface area contributed by atoms with Crippen LogP contribution in [0, 0.1) is 11.8 Å². The number of alkyl halides is 1. The topological polar surface area (TPSA) is 190 Å². The molecule has 1 fully saturated rings. The highest BCUT2D eigenvalue weighted by molar-refractivity contribution is 7.52. The van der Waals surface area contributed by atoms with E-state index >= 15 is 4.39 Å². The van der Waals surface area contributed by atoms with E-state index in [0.29, 0.717) is 0 Å². The van der Waals surface area contributed by atoms with Crippen molar-refractivity contribution in [1.29, 1.82) is 0 Å². The fraction of sp³-hybridized carbons (Fsp3) is 0.520. The lowest BCUT2D eigenvalue weighted by Gasteiger charge is -2.28. The van der Waals surface area contributed by atoms with Crippen molar-refractivity contribution in [2.75, 3.05) is 18.1 Å². The van der Waals surface area contributed by atoms with Gasteiger partial charge in [0.1, 0.15) is 17.3 Å². The number of anilines is 2. The van der Waals surface area contributed by atoms with E-state index in [1.807, 2.05) is 0 Å². The molecule has 1 aliphatic carbocycles. The van der Waals surface area contributed by atoms with Gasteiger partial charge in [-0.1, -0.05) is 25.1 Å². The summed E-state index contributed by atoms with van der Waals surface area (Å²) in [5.74, 6) is -1.92. The SMILES string of the molecule is CC(C)OC(=O)[C@H](C)N[P@](=O)(OC[C@H]1[C@@H](C)[C@@H](n2cnc3c(N)nc(N)nc32)[C@](C)(F)[C@@H]1O)Oc1ccccc1. The predicted molar refractivity (Wildman–Crippen MR) is 146 cm³/mol. The maximum absolute atomic E-state index is 16.2. The Morgan fingerprint density at radius 3 is 2.58 bits per heavy atom. The van der Waals surface area contributed by atoms with Crippen LogP contribution in [0.25, 0.3) is 11.2 Å². The number of hydrogen-bond acceptors (Lipinski definition) is 11. The van der Waals surface area contributed by atoms with E-state index in [1.165, 1.54) is 24.7 Å². The van der Waals surface area contributed by atoms with Gasteiger partial charge in [0.05, 0.1) is 31.2 Å². The Bertz CT molecular complexity index is 1410. The van der Waals surface area contributed by atoms with Crippen LogP contribution < -0.4 is 21.1 Å². The highest BCUT2D eigenvalue weighted by atomic mass is 31.2. The Kier molecular flexibility index (Phi) is 8.36. The number of para-hydroxylation sites is 1. The predicted octanol–water partition coefficient (Wildman–Crippen LogP) is 3.02. The van der Waals surface area contributed by atoms with Crippen LogP contribution in [-0.4, -0.2) is 61.1 Å². The number of aromatic nitrogens is 4. The number of aliphatic hydroxyl groups excluding tert-OH is 1. The van der Waals surface area contributed by atoms with E-state index in [-0.39, 0.29) is 35.3 Å². The molecule has 13 nitrogen and oxygen atoms in total. The molecule has 0 saturated heterocycles. The minimum absolute atomic E-state index is 0.0445. The van der Waals surface area contributed by atoms with Crippen LogP contribution >= 0.6 is 7.75 Å². The maximum Gasteiger partial charge on any atom is 0.459 e. The molecule has 1 aliphatic rings. The number of rotatable bonds is 10. The molecule has 1 saturated carbocycles. The number of imidazole rings is 1. The van der Waals surface area contributed by atoms with E-state index in [2.05, 4.69) is 20.0 Å². The molecule has 0 aliphatic heterocycles. The van der Waals surface area contributed by atoms with Gasteiger partial charge in [0.25, 0.3) is 0 Å². The number of nitrogens with one attached hydrogen (secondary N) is 1. The number of ether oxygens (including phenoxy) is 1. The summed E-state index contributed by atoms with van der Waals surface area (Å²) in [6.07, 6.45) is -0.553. The molecule has 3 aromatic rings. The van der Waals surface area contributed by atoms with Crippen molar-refractivity contribution in [2.24, 2.45) is 11.8 Å². The molecule has 0 unspecified atom stereocenters. The number of carbonyl (C=O) groups excluding carboxylic acids is 1. The molecule has 2 aromatic heterocycles. The number of aliphatic hydroxyl groups is 1. The molecule has 6 N–H and O–H groups in total. The third kappa shape index (κ3) is 5.90. The van der Waals surface area contributed by atoms with E-state index in [4.69, 9.17) is 25.3 Å². The van der Waals surface area contributed by atoms with Crippen molar-refractivity contribution >= 4 is 36.6 Å². The number of nitrogens with zero attached hydrogens (tertiary/aromatic N) is 4. The van der Waals surface area contributed by atoms with Crippen LogP contribution in [0.2, 0.25) is 0 Å². The lowest BCUT2D eigenvalue weighted by Crippen LogP contribution is -2.39. The molecule has 0 amide bonds. The smallest absolute Gasteiger partial charge is 0.459 e. The molecular weight excluding hydrogens is 544 g/mol. The van der Waals surface area contributed by atoms with E-state index in [0.717, 1.165) is 0 Å². The van der Waals surface area contributed by atoms with Crippen LogP contribution in [0.1, 0.15) is 40.7 Å². The first-order valence-electron chi connectivity index (χ1n) is 12.8.